The number of aliphatic carboxylic acids is 1. The molecule has 0 saturated carbocycles. The van der Waals surface area contributed by atoms with Gasteiger partial charge in [0.15, 0.2) is 0 Å². The van der Waals surface area contributed by atoms with Crippen LogP contribution in [0, 0.1) is 5.92 Å². The Morgan fingerprint density at radius 3 is 2.53 bits per heavy atom. The van der Waals surface area contributed by atoms with Crippen LogP contribution in [-0.4, -0.2) is 43.3 Å². The summed E-state index contributed by atoms with van der Waals surface area (Å²) >= 11 is 0. The molecule has 0 spiro atoms. The van der Waals surface area contributed by atoms with E-state index in [1.807, 2.05) is 6.92 Å². The number of carboxylic acids is 1. The van der Waals surface area contributed by atoms with Crippen LogP contribution in [-0.2, 0) is 4.79 Å². The summed E-state index contributed by atoms with van der Waals surface area (Å²) in [6.45, 7) is 6.63. The monoisotopic (exact) mass is 245 g/mol. The fourth-order valence-corrected chi connectivity index (χ4v) is 1.29. The summed E-state index contributed by atoms with van der Waals surface area (Å²) in [4.78, 5) is 21.7. The molecular formula is C11H23N3O3. The molecule has 0 aromatic carbocycles. The normalized spacial score (nSPS) is 11.9. The molecule has 2 amide bonds. The van der Waals surface area contributed by atoms with Crippen LogP contribution in [0.5, 0.6) is 0 Å². The number of hydrogen-bond donors (Lipinski definition) is 4. The minimum atomic E-state index is -0.842. The van der Waals surface area contributed by atoms with E-state index in [0.29, 0.717) is 13.1 Å². The molecule has 0 aromatic heterocycles. The number of carbonyl (C=O) groups excluding carboxylic acids is 1. The smallest absolute Gasteiger partial charge is 0.314 e. The molecule has 0 bridgehead atoms. The largest absolute Gasteiger partial charge is 0.481 e. The summed E-state index contributed by atoms with van der Waals surface area (Å²) in [5.41, 5.74) is 0. The zero-order chi connectivity index (χ0) is 13.1. The summed E-state index contributed by atoms with van der Waals surface area (Å²) in [5.74, 6) is -0.898. The van der Waals surface area contributed by atoms with Gasteiger partial charge in [0.2, 0.25) is 0 Å². The van der Waals surface area contributed by atoms with Crippen molar-refractivity contribution < 1.29 is 14.7 Å². The first kappa shape index (κ1) is 15.7. The highest BCUT2D eigenvalue weighted by atomic mass is 16.4. The van der Waals surface area contributed by atoms with E-state index in [9.17, 15) is 9.59 Å². The Morgan fingerprint density at radius 1 is 1.24 bits per heavy atom. The van der Waals surface area contributed by atoms with Crippen LogP contribution >= 0.6 is 0 Å². The van der Waals surface area contributed by atoms with Crippen molar-refractivity contribution in [1.82, 2.24) is 16.0 Å². The molecule has 0 fully saturated rings. The van der Waals surface area contributed by atoms with Crippen LogP contribution in [0.3, 0.4) is 0 Å². The average molecular weight is 245 g/mol. The topological polar surface area (TPSA) is 90.5 Å². The quantitative estimate of drug-likeness (QED) is 0.442. The molecule has 0 aliphatic carbocycles. The van der Waals surface area contributed by atoms with E-state index in [4.69, 9.17) is 5.11 Å². The van der Waals surface area contributed by atoms with Crippen LogP contribution in [0.4, 0.5) is 4.79 Å². The van der Waals surface area contributed by atoms with Gasteiger partial charge in [0.25, 0.3) is 0 Å². The van der Waals surface area contributed by atoms with Crippen LogP contribution in [0.1, 0.15) is 26.7 Å². The van der Waals surface area contributed by atoms with E-state index in [2.05, 4.69) is 16.0 Å². The Balaban J connectivity index is 3.42. The zero-order valence-electron chi connectivity index (χ0n) is 10.6. The summed E-state index contributed by atoms with van der Waals surface area (Å²) in [6, 6.07) is -0.237. The molecule has 100 valence electrons. The Labute approximate surface area is 102 Å². The van der Waals surface area contributed by atoms with Crippen LogP contribution < -0.4 is 16.0 Å². The van der Waals surface area contributed by atoms with Crippen molar-refractivity contribution in [2.75, 3.05) is 26.2 Å². The van der Waals surface area contributed by atoms with Crippen molar-refractivity contribution in [3.8, 4) is 0 Å². The number of rotatable bonds is 9. The van der Waals surface area contributed by atoms with E-state index in [-0.39, 0.29) is 18.4 Å². The average Bonchev–Trinajstić information content (AvgIpc) is 2.25. The van der Waals surface area contributed by atoms with E-state index in [1.54, 1.807) is 6.92 Å². The summed E-state index contributed by atoms with van der Waals surface area (Å²) in [6.07, 6.45) is 0.951. The van der Waals surface area contributed by atoms with Gasteiger partial charge in [0.1, 0.15) is 0 Å². The summed E-state index contributed by atoms with van der Waals surface area (Å²) in [7, 11) is 0. The SMILES string of the molecule is CCNCCCNC(=O)NCC(C)CC(=O)O. The Kier molecular flexibility index (Phi) is 9.14. The standard InChI is InChI=1S/C11H23N3O3/c1-3-12-5-4-6-13-11(17)14-8-9(2)7-10(15)16/h9,12H,3-8H2,1-2H3,(H,15,16)(H2,13,14,17). The fourth-order valence-electron chi connectivity index (χ4n) is 1.29. The highest BCUT2D eigenvalue weighted by molar-refractivity contribution is 5.73. The molecule has 0 aromatic rings. The van der Waals surface area contributed by atoms with Gasteiger partial charge in [-0.05, 0) is 25.4 Å². The lowest BCUT2D eigenvalue weighted by molar-refractivity contribution is -0.137. The molecule has 1 atom stereocenters. The van der Waals surface area contributed by atoms with Gasteiger partial charge in [0, 0.05) is 19.5 Å². The first-order valence-corrected chi connectivity index (χ1v) is 6.00. The lowest BCUT2D eigenvalue weighted by Gasteiger charge is -2.11. The van der Waals surface area contributed by atoms with Gasteiger partial charge < -0.3 is 21.1 Å². The number of nitrogens with one attached hydrogen (secondary N) is 3. The zero-order valence-corrected chi connectivity index (χ0v) is 10.6. The molecule has 0 aliphatic rings. The molecular weight excluding hydrogens is 222 g/mol. The number of urea groups is 1. The van der Waals surface area contributed by atoms with Gasteiger partial charge in [-0.2, -0.15) is 0 Å². The van der Waals surface area contributed by atoms with Gasteiger partial charge >= 0.3 is 12.0 Å². The van der Waals surface area contributed by atoms with Gasteiger partial charge in [-0.15, -0.1) is 0 Å². The highest BCUT2D eigenvalue weighted by Gasteiger charge is 2.08. The number of amides is 2. The van der Waals surface area contributed by atoms with Crippen LogP contribution in [0.15, 0.2) is 0 Å². The van der Waals surface area contributed by atoms with Gasteiger partial charge in [-0.1, -0.05) is 13.8 Å². The fraction of sp³-hybridized carbons (Fsp3) is 0.818. The Morgan fingerprint density at radius 2 is 1.94 bits per heavy atom. The molecule has 0 aliphatic heterocycles. The highest BCUT2D eigenvalue weighted by Crippen LogP contribution is 1.98. The molecule has 4 N–H and O–H groups in total. The van der Waals surface area contributed by atoms with E-state index in [0.717, 1.165) is 19.5 Å². The molecule has 0 radical (unpaired) electrons. The van der Waals surface area contributed by atoms with E-state index in [1.165, 1.54) is 0 Å². The van der Waals surface area contributed by atoms with Crippen molar-refractivity contribution in [3.63, 3.8) is 0 Å². The lowest BCUT2D eigenvalue weighted by Crippen LogP contribution is -2.39. The van der Waals surface area contributed by atoms with E-state index >= 15 is 0 Å². The second kappa shape index (κ2) is 9.89. The van der Waals surface area contributed by atoms with E-state index < -0.39 is 5.97 Å². The summed E-state index contributed by atoms with van der Waals surface area (Å²) in [5, 5.41) is 17.1. The molecule has 17 heavy (non-hydrogen) atoms. The van der Waals surface area contributed by atoms with Crippen LogP contribution in [0.25, 0.3) is 0 Å². The predicted octanol–water partition coefficient (Wildman–Crippen LogP) is 0.396. The molecule has 6 nitrogen and oxygen atoms in total. The van der Waals surface area contributed by atoms with Crippen LogP contribution in [0.2, 0.25) is 0 Å². The first-order valence-electron chi connectivity index (χ1n) is 6.00. The first-order chi connectivity index (χ1) is 8.06. The predicted molar refractivity (Wildman–Crippen MR) is 66.0 cm³/mol. The van der Waals surface area contributed by atoms with Gasteiger partial charge in [-0.25, -0.2) is 4.79 Å². The van der Waals surface area contributed by atoms with Crippen molar-refractivity contribution in [2.45, 2.75) is 26.7 Å². The molecule has 0 saturated heterocycles. The molecule has 1 unspecified atom stereocenters. The number of carbonyl (C=O) groups is 2. The molecule has 0 heterocycles. The third kappa shape index (κ3) is 11.0. The van der Waals surface area contributed by atoms with Gasteiger partial charge in [0.05, 0.1) is 0 Å². The summed E-state index contributed by atoms with van der Waals surface area (Å²) < 4.78 is 0. The maximum Gasteiger partial charge on any atom is 0.314 e. The number of carboxylic acid groups (broad SMARTS) is 1. The molecule has 0 rings (SSSR count). The van der Waals surface area contributed by atoms with Crippen molar-refractivity contribution in [3.05, 3.63) is 0 Å². The minimum Gasteiger partial charge on any atom is -0.481 e. The lowest BCUT2D eigenvalue weighted by atomic mass is 10.1. The number of hydrogen-bond acceptors (Lipinski definition) is 3. The maximum absolute atomic E-state index is 11.3. The van der Waals surface area contributed by atoms with Crippen molar-refractivity contribution in [2.24, 2.45) is 5.92 Å². The maximum atomic E-state index is 11.3. The second-order valence-electron chi connectivity index (χ2n) is 4.05. The van der Waals surface area contributed by atoms with Gasteiger partial charge in [-0.3, -0.25) is 4.79 Å². The Hall–Kier alpha value is -1.30. The Bertz CT molecular complexity index is 234. The minimum absolute atomic E-state index is 0.0555. The second-order valence-corrected chi connectivity index (χ2v) is 4.05. The third-order valence-corrected chi connectivity index (χ3v) is 2.20. The molecule has 6 heteroatoms. The van der Waals surface area contributed by atoms with Crippen molar-refractivity contribution >= 4 is 12.0 Å². The van der Waals surface area contributed by atoms with Crippen molar-refractivity contribution in [1.29, 1.82) is 0 Å². The third-order valence-electron chi connectivity index (χ3n) is 2.20.